The van der Waals surface area contributed by atoms with E-state index in [1.54, 1.807) is 15.9 Å². The Kier molecular flexibility index (Phi) is 4.43. The van der Waals surface area contributed by atoms with Crippen molar-refractivity contribution in [2.45, 2.75) is 25.8 Å². The molecule has 3 amide bonds. The Bertz CT molecular complexity index is 896. The first-order valence-corrected chi connectivity index (χ1v) is 9.08. The topological polar surface area (TPSA) is 96.8 Å². The lowest BCUT2D eigenvalue weighted by Crippen LogP contribution is -2.42. The predicted molar refractivity (Wildman–Crippen MR) is 97.9 cm³/mol. The van der Waals surface area contributed by atoms with Crippen LogP contribution in [0.3, 0.4) is 0 Å². The van der Waals surface area contributed by atoms with Gasteiger partial charge >= 0.3 is 0 Å². The van der Waals surface area contributed by atoms with Crippen molar-refractivity contribution in [1.82, 2.24) is 4.90 Å². The van der Waals surface area contributed by atoms with Crippen LogP contribution in [0.1, 0.15) is 34.5 Å². The van der Waals surface area contributed by atoms with Gasteiger partial charge in [0.1, 0.15) is 0 Å². The third-order valence-corrected chi connectivity index (χ3v) is 5.38. The van der Waals surface area contributed by atoms with Gasteiger partial charge in [-0.15, -0.1) is 0 Å². The van der Waals surface area contributed by atoms with Crippen LogP contribution in [-0.2, 0) is 22.6 Å². The summed E-state index contributed by atoms with van der Waals surface area (Å²) in [6, 6.07) is 9.40. The number of hydrogen-bond acceptors (Lipinski definition) is 4. The molecule has 2 N–H and O–H groups in total. The largest absolute Gasteiger partial charge is 0.459 e. The summed E-state index contributed by atoms with van der Waals surface area (Å²) in [6.07, 6.45) is 2.98. The lowest BCUT2D eigenvalue weighted by molar-refractivity contribution is -0.123. The van der Waals surface area contributed by atoms with Crippen molar-refractivity contribution in [3.63, 3.8) is 0 Å². The fraction of sp³-hybridized carbons (Fsp3) is 0.350. The lowest BCUT2D eigenvalue weighted by atomic mass is 9.96. The predicted octanol–water partition coefficient (Wildman–Crippen LogP) is 1.71. The Labute approximate surface area is 156 Å². The summed E-state index contributed by atoms with van der Waals surface area (Å²) in [6.45, 7) is 1.24. The van der Waals surface area contributed by atoms with Gasteiger partial charge < -0.3 is 20.0 Å². The molecule has 2 aliphatic heterocycles. The highest BCUT2D eigenvalue weighted by atomic mass is 16.3. The fourth-order valence-corrected chi connectivity index (χ4v) is 3.82. The summed E-state index contributed by atoms with van der Waals surface area (Å²) < 4.78 is 5.47. The number of carbonyl (C=O) groups excluding carboxylic acids is 3. The average molecular weight is 367 g/mol. The minimum Gasteiger partial charge on any atom is -0.459 e. The molecular weight excluding hydrogens is 346 g/mol. The minimum absolute atomic E-state index is 0.0121. The van der Waals surface area contributed by atoms with E-state index in [4.69, 9.17) is 10.2 Å². The zero-order valence-corrected chi connectivity index (χ0v) is 14.9. The highest BCUT2D eigenvalue weighted by Crippen LogP contribution is 2.31. The van der Waals surface area contributed by atoms with E-state index in [0.717, 1.165) is 11.3 Å². The first-order chi connectivity index (χ1) is 13.0. The molecule has 0 radical (unpaired) electrons. The Hall–Kier alpha value is -3.09. The summed E-state index contributed by atoms with van der Waals surface area (Å²) >= 11 is 0. The lowest BCUT2D eigenvalue weighted by Gasteiger charge is -2.30. The molecule has 1 fully saturated rings. The first kappa shape index (κ1) is 17.3. The van der Waals surface area contributed by atoms with Crippen LogP contribution in [0.15, 0.2) is 41.0 Å². The second-order valence-electron chi connectivity index (χ2n) is 7.03. The van der Waals surface area contributed by atoms with Crippen molar-refractivity contribution in [1.29, 1.82) is 0 Å². The Balaban J connectivity index is 1.50. The van der Waals surface area contributed by atoms with Crippen molar-refractivity contribution in [2.24, 2.45) is 11.7 Å². The SMILES string of the molecule is NC(=O)C1CCN(C(=O)c2occc2CN2C(=O)Cc3ccccc32)CC1. The maximum atomic E-state index is 12.9. The number of nitrogens with two attached hydrogens (primary N) is 1. The van der Waals surface area contributed by atoms with Crippen molar-refractivity contribution in [3.05, 3.63) is 53.5 Å². The monoisotopic (exact) mass is 367 g/mol. The number of hydrogen-bond donors (Lipinski definition) is 1. The number of amides is 3. The molecule has 7 nitrogen and oxygen atoms in total. The highest BCUT2D eigenvalue weighted by Gasteiger charge is 2.32. The molecular formula is C20H21N3O4. The van der Waals surface area contributed by atoms with Crippen LogP contribution in [-0.4, -0.2) is 35.7 Å². The van der Waals surface area contributed by atoms with Gasteiger partial charge in [0.25, 0.3) is 5.91 Å². The molecule has 4 rings (SSSR count). The van der Waals surface area contributed by atoms with E-state index in [2.05, 4.69) is 0 Å². The fourth-order valence-electron chi connectivity index (χ4n) is 3.82. The van der Waals surface area contributed by atoms with Gasteiger partial charge in [-0.2, -0.15) is 0 Å². The third-order valence-electron chi connectivity index (χ3n) is 5.38. The number of carbonyl (C=O) groups is 3. The number of anilines is 1. The standard InChI is InChI=1S/C20H21N3O4/c21-19(25)13-5-8-22(9-6-13)20(26)18-15(7-10-27-18)12-23-16-4-2-1-3-14(16)11-17(23)24/h1-4,7,10,13H,5-6,8-9,11-12H2,(H2,21,25). The summed E-state index contributed by atoms with van der Waals surface area (Å²) in [5, 5.41) is 0. The number of primary amides is 1. The maximum Gasteiger partial charge on any atom is 0.289 e. The van der Waals surface area contributed by atoms with Gasteiger partial charge in [0.2, 0.25) is 11.8 Å². The van der Waals surface area contributed by atoms with Crippen LogP contribution >= 0.6 is 0 Å². The number of fused-ring (bicyclic) bond motifs is 1. The molecule has 2 aliphatic rings. The van der Waals surface area contributed by atoms with Crippen LogP contribution in [0, 0.1) is 5.92 Å². The first-order valence-electron chi connectivity index (χ1n) is 9.08. The van der Waals surface area contributed by atoms with Gasteiger partial charge in [-0.05, 0) is 30.5 Å². The smallest absolute Gasteiger partial charge is 0.289 e. The van der Waals surface area contributed by atoms with Gasteiger partial charge in [-0.3, -0.25) is 14.4 Å². The van der Waals surface area contributed by atoms with Gasteiger partial charge in [-0.25, -0.2) is 0 Å². The average Bonchev–Trinajstić information content (AvgIpc) is 3.26. The summed E-state index contributed by atoms with van der Waals surface area (Å²) in [4.78, 5) is 39.9. The molecule has 7 heteroatoms. The Morgan fingerprint density at radius 3 is 2.63 bits per heavy atom. The van der Waals surface area contributed by atoms with E-state index in [9.17, 15) is 14.4 Å². The highest BCUT2D eigenvalue weighted by molar-refractivity contribution is 6.01. The normalized spacial score (nSPS) is 17.3. The minimum atomic E-state index is -0.313. The van der Waals surface area contributed by atoms with E-state index >= 15 is 0 Å². The van der Waals surface area contributed by atoms with Crippen molar-refractivity contribution < 1.29 is 18.8 Å². The summed E-state index contributed by atoms with van der Waals surface area (Å²) in [7, 11) is 0. The molecule has 0 unspecified atom stereocenters. The van der Waals surface area contributed by atoms with Crippen LogP contribution in [0.4, 0.5) is 5.69 Å². The number of benzene rings is 1. The van der Waals surface area contributed by atoms with Crippen LogP contribution in [0.25, 0.3) is 0 Å². The van der Waals surface area contributed by atoms with Crippen molar-refractivity contribution in [3.8, 4) is 0 Å². The molecule has 0 bridgehead atoms. The summed E-state index contributed by atoms with van der Waals surface area (Å²) in [5.74, 6) is -0.434. The molecule has 3 heterocycles. The number of rotatable bonds is 4. The zero-order valence-electron chi connectivity index (χ0n) is 14.9. The molecule has 0 atom stereocenters. The van der Waals surface area contributed by atoms with Gasteiger partial charge in [0.15, 0.2) is 5.76 Å². The molecule has 1 aromatic heterocycles. The van der Waals surface area contributed by atoms with Crippen molar-refractivity contribution >= 4 is 23.4 Å². The number of nitrogens with zero attached hydrogens (tertiary/aromatic N) is 2. The van der Waals surface area contributed by atoms with E-state index in [-0.39, 0.29) is 29.4 Å². The molecule has 1 saturated heterocycles. The van der Waals surface area contributed by atoms with Gasteiger partial charge in [-0.1, -0.05) is 18.2 Å². The Morgan fingerprint density at radius 1 is 1.15 bits per heavy atom. The van der Waals surface area contributed by atoms with Crippen LogP contribution in [0.2, 0.25) is 0 Å². The Morgan fingerprint density at radius 2 is 1.89 bits per heavy atom. The molecule has 0 saturated carbocycles. The summed E-state index contributed by atoms with van der Waals surface area (Å²) in [5.41, 5.74) is 7.91. The van der Waals surface area contributed by atoms with Crippen molar-refractivity contribution in [2.75, 3.05) is 18.0 Å². The van der Waals surface area contributed by atoms with Gasteiger partial charge in [0, 0.05) is 30.3 Å². The zero-order chi connectivity index (χ0) is 19.0. The number of furan rings is 1. The van der Waals surface area contributed by atoms with E-state index < -0.39 is 0 Å². The number of likely N-dealkylation sites (tertiary alicyclic amines) is 1. The number of piperidine rings is 1. The van der Waals surface area contributed by atoms with E-state index in [0.29, 0.717) is 44.5 Å². The third kappa shape index (κ3) is 3.20. The number of para-hydroxylation sites is 1. The molecule has 0 spiro atoms. The van der Waals surface area contributed by atoms with Gasteiger partial charge in [0.05, 0.1) is 19.2 Å². The molecule has 1 aromatic carbocycles. The second-order valence-corrected chi connectivity index (χ2v) is 7.03. The van der Waals surface area contributed by atoms with E-state index in [1.807, 2.05) is 24.3 Å². The quantitative estimate of drug-likeness (QED) is 0.889. The molecule has 2 aromatic rings. The van der Waals surface area contributed by atoms with Crippen LogP contribution < -0.4 is 10.6 Å². The second kappa shape index (κ2) is 6.90. The molecule has 0 aliphatic carbocycles. The van der Waals surface area contributed by atoms with Crippen LogP contribution in [0.5, 0.6) is 0 Å². The molecule has 27 heavy (non-hydrogen) atoms. The maximum absolute atomic E-state index is 12.9. The molecule has 140 valence electrons. The van der Waals surface area contributed by atoms with E-state index in [1.165, 1.54) is 6.26 Å².